The van der Waals surface area contributed by atoms with E-state index < -0.39 is 10.0 Å². The first-order chi connectivity index (χ1) is 11.8. The van der Waals surface area contributed by atoms with E-state index in [0.29, 0.717) is 12.1 Å². The molecule has 0 aliphatic carbocycles. The van der Waals surface area contributed by atoms with Crippen LogP contribution >= 0.6 is 0 Å². The Labute approximate surface area is 148 Å². The molecule has 25 heavy (non-hydrogen) atoms. The molecule has 2 rings (SSSR count). The summed E-state index contributed by atoms with van der Waals surface area (Å²) in [6.45, 7) is 0.424. The van der Waals surface area contributed by atoms with Crippen LogP contribution in [0, 0.1) is 0 Å². The Balaban J connectivity index is 2.14. The van der Waals surface area contributed by atoms with Crippen LogP contribution in [-0.4, -0.2) is 51.8 Å². The van der Waals surface area contributed by atoms with Gasteiger partial charge in [-0.05, 0) is 42.0 Å². The molecule has 0 heterocycles. The molecule has 0 fully saturated rings. The average Bonchev–Trinajstić information content (AvgIpc) is 2.61. The third-order valence-electron chi connectivity index (χ3n) is 3.78. The van der Waals surface area contributed by atoms with Gasteiger partial charge < -0.3 is 9.64 Å². The van der Waals surface area contributed by atoms with E-state index in [9.17, 15) is 13.2 Å². The summed E-state index contributed by atoms with van der Waals surface area (Å²) in [6.07, 6.45) is 0. The van der Waals surface area contributed by atoms with Crippen LogP contribution < -0.4 is 4.74 Å². The van der Waals surface area contributed by atoms with Crippen LogP contribution in [0.1, 0.15) is 15.9 Å². The molecule has 0 atom stereocenters. The van der Waals surface area contributed by atoms with Crippen molar-refractivity contribution in [3.05, 3.63) is 59.7 Å². The van der Waals surface area contributed by atoms with Gasteiger partial charge in [-0.1, -0.05) is 12.1 Å². The Morgan fingerprint density at radius 3 is 2.24 bits per heavy atom. The predicted octanol–water partition coefficient (Wildman–Crippen LogP) is 2.22. The maximum Gasteiger partial charge on any atom is 0.253 e. The lowest BCUT2D eigenvalue weighted by molar-refractivity contribution is 0.0785. The van der Waals surface area contributed by atoms with E-state index in [2.05, 4.69) is 0 Å². The molecule has 0 aliphatic rings. The Bertz CT molecular complexity index is 846. The standard InChI is InChI=1S/C18H22N2O4S/c1-19(2)25(22,23)17-10-8-15(9-11-17)18(21)20(3)13-14-6-5-7-16(12-14)24-4/h5-12H,13H2,1-4H3. The molecule has 2 aromatic rings. The Hall–Kier alpha value is -2.38. The number of methoxy groups -OCH3 is 1. The Kier molecular flexibility index (Phi) is 5.81. The minimum Gasteiger partial charge on any atom is -0.497 e. The molecule has 0 saturated carbocycles. The van der Waals surface area contributed by atoms with Gasteiger partial charge in [0.2, 0.25) is 10.0 Å². The second kappa shape index (κ2) is 7.67. The van der Waals surface area contributed by atoms with Crippen molar-refractivity contribution in [1.82, 2.24) is 9.21 Å². The lowest BCUT2D eigenvalue weighted by atomic mass is 10.1. The zero-order valence-electron chi connectivity index (χ0n) is 14.8. The predicted molar refractivity (Wildman–Crippen MR) is 96.1 cm³/mol. The van der Waals surface area contributed by atoms with Crippen molar-refractivity contribution in [2.75, 3.05) is 28.3 Å². The molecule has 134 valence electrons. The summed E-state index contributed by atoms with van der Waals surface area (Å²) in [7, 11) is 2.73. The maximum absolute atomic E-state index is 12.5. The number of nitrogens with zero attached hydrogens (tertiary/aromatic N) is 2. The van der Waals surface area contributed by atoms with Crippen LogP contribution in [0.15, 0.2) is 53.4 Å². The fraction of sp³-hybridized carbons (Fsp3) is 0.278. The highest BCUT2D eigenvalue weighted by Crippen LogP contribution is 2.17. The molecule has 0 radical (unpaired) electrons. The van der Waals surface area contributed by atoms with Gasteiger partial charge in [0, 0.05) is 33.3 Å². The molecule has 1 amide bonds. The number of carbonyl (C=O) groups is 1. The Morgan fingerprint density at radius 1 is 1.04 bits per heavy atom. The molecule has 0 aliphatic heterocycles. The monoisotopic (exact) mass is 362 g/mol. The molecule has 6 nitrogen and oxygen atoms in total. The highest BCUT2D eigenvalue weighted by Gasteiger charge is 2.18. The normalized spacial score (nSPS) is 11.4. The van der Waals surface area contributed by atoms with Crippen molar-refractivity contribution in [2.45, 2.75) is 11.4 Å². The van der Waals surface area contributed by atoms with E-state index in [4.69, 9.17) is 4.74 Å². The minimum atomic E-state index is -3.50. The minimum absolute atomic E-state index is 0.157. The first-order valence-corrected chi connectivity index (χ1v) is 9.10. The second-order valence-electron chi connectivity index (χ2n) is 5.82. The third-order valence-corrected chi connectivity index (χ3v) is 5.61. The van der Waals surface area contributed by atoms with Crippen LogP contribution in [0.3, 0.4) is 0 Å². The fourth-order valence-corrected chi connectivity index (χ4v) is 3.22. The van der Waals surface area contributed by atoms with Crippen LogP contribution in [-0.2, 0) is 16.6 Å². The van der Waals surface area contributed by atoms with E-state index in [1.165, 1.54) is 38.4 Å². The number of benzene rings is 2. The third kappa shape index (κ3) is 4.37. The number of hydrogen-bond donors (Lipinski definition) is 0. The number of amides is 1. The summed E-state index contributed by atoms with van der Waals surface area (Å²) < 4.78 is 30.5. The van der Waals surface area contributed by atoms with Gasteiger partial charge in [0.25, 0.3) is 5.91 Å². The highest BCUT2D eigenvalue weighted by atomic mass is 32.2. The van der Waals surface area contributed by atoms with Gasteiger partial charge >= 0.3 is 0 Å². The second-order valence-corrected chi connectivity index (χ2v) is 7.98. The van der Waals surface area contributed by atoms with E-state index in [-0.39, 0.29) is 10.8 Å². The summed E-state index contributed by atoms with van der Waals surface area (Å²) in [5.41, 5.74) is 1.38. The topological polar surface area (TPSA) is 66.9 Å². The van der Waals surface area contributed by atoms with Crippen molar-refractivity contribution in [1.29, 1.82) is 0 Å². The summed E-state index contributed by atoms with van der Waals surface area (Å²) in [5.74, 6) is 0.549. The summed E-state index contributed by atoms with van der Waals surface area (Å²) >= 11 is 0. The number of sulfonamides is 1. The zero-order chi connectivity index (χ0) is 18.6. The fourth-order valence-electron chi connectivity index (χ4n) is 2.32. The van der Waals surface area contributed by atoms with Gasteiger partial charge in [-0.3, -0.25) is 4.79 Å². The molecule has 0 unspecified atom stereocenters. The molecule has 0 N–H and O–H groups in total. The number of ether oxygens (including phenoxy) is 1. The SMILES string of the molecule is COc1cccc(CN(C)C(=O)c2ccc(S(=O)(=O)N(C)C)cc2)c1. The van der Waals surface area contributed by atoms with E-state index in [0.717, 1.165) is 15.6 Å². The van der Waals surface area contributed by atoms with Crippen LogP contribution in [0.2, 0.25) is 0 Å². The molecule has 7 heteroatoms. The summed E-state index contributed by atoms with van der Waals surface area (Å²) in [6, 6.07) is 13.4. The first-order valence-electron chi connectivity index (χ1n) is 7.66. The number of hydrogen-bond acceptors (Lipinski definition) is 4. The number of rotatable bonds is 6. The van der Waals surface area contributed by atoms with Crippen LogP contribution in [0.5, 0.6) is 5.75 Å². The molecule has 0 aromatic heterocycles. The van der Waals surface area contributed by atoms with Crippen molar-refractivity contribution >= 4 is 15.9 Å². The highest BCUT2D eigenvalue weighted by molar-refractivity contribution is 7.89. The van der Waals surface area contributed by atoms with Gasteiger partial charge in [0.05, 0.1) is 12.0 Å². The largest absolute Gasteiger partial charge is 0.497 e. The van der Waals surface area contributed by atoms with Gasteiger partial charge in [-0.15, -0.1) is 0 Å². The van der Waals surface area contributed by atoms with E-state index in [1.54, 1.807) is 19.1 Å². The molecular formula is C18H22N2O4S. The van der Waals surface area contributed by atoms with E-state index >= 15 is 0 Å². The molecule has 2 aromatic carbocycles. The number of carbonyl (C=O) groups excluding carboxylic acids is 1. The summed E-state index contributed by atoms with van der Waals surface area (Å²) in [5, 5.41) is 0. The van der Waals surface area contributed by atoms with Gasteiger partial charge in [-0.2, -0.15) is 0 Å². The van der Waals surface area contributed by atoms with Crippen molar-refractivity contribution in [3.63, 3.8) is 0 Å². The van der Waals surface area contributed by atoms with Gasteiger partial charge in [0.15, 0.2) is 0 Å². The van der Waals surface area contributed by atoms with Crippen molar-refractivity contribution < 1.29 is 17.9 Å². The maximum atomic E-state index is 12.5. The van der Waals surface area contributed by atoms with Crippen LogP contribution in [0.4, 0.5) is 0 Å². The average molecular weight is 362 g/mol. The first kappa shape index (κ1) is 19.0. The van der Waals surface area contributed by atoms with E-state index in [1.807, 2.05) is 24.3 Å². The molecule has 0 bridgehead atoms. The zero-order valence-corrected chi connectivity index (χ0v) is 15.6. The smallest absolute Gasteiger partial charge is 0.253 e. The molecule has 0 spiro atoms. The van der Waals surface area contributed by atoms with Gasteiger partial charge in [-0.25, -0.2) is 12.7 Å². The lowest BCUT2D eigenvalue weighted by Crippen LogP contribution is -2.26. The lowest BCUT2D eigenvalue weighted by Gasteiger charge is -2.18. The quantitative estimate of drug-likeness (QED) is 0.790. The molecular weight excluding hydrogens is 340 g/mol. The van der Waals surface area contributed by atoms with Crippen molar-refractivity contribution in [3.8, 4) is 5.75 Å². The van der Waals surface area contributed by atoms with Crippen LogP contribution in [0.25, 0.3) is 0 Å². The summed E-state index contributed by atoms with van der Waals surface area (Å²) in [4.78, 5) is 14.3. The van der Waals surface area contributed by atoms with Gasteiger partial charge in [0.1, 0.15) is 5.75 Å². The Morgan fingerprint density at radius 2 is 1.68 bits per heavy atom. The molecule has 0 saturated heterocycles. The van der Waals surface area contributed by atoms with Crippen molar-refractivity contribution in [2.24, 2.45) is 0 Å².